The van der Waals surface area contributed by atoms with Gasteiger partial charge in [-0.25, -0.2) is 0 Å². The molecule has 1 unspecified atom stereocenters. The predicted molar refractivity (Wildman–Crippen MR) is 75.2 cm³/mol. The molecule has 1 rings (SSSR count). The molecule has 1 aromatic rings. The van der Waals surface area contributed by atoms with Crippen molar-refractivity contribution in [2.75, 3.05) is 12.8 Å². The largest absolute Gasteiger partial charge is 0.309 e. The van der Waals surface area contributed by atoms with E-state index >= 15 is 0 Å². The van der Waals surface area contributed by atoms with E-state index in [1.807, 2.05) is 30.0 Å². The van der Waals surface area contributed by atoms with Gasteiger partial charge in [0.05, 0.1) is 11.6 Å². The molecule has 0 saturated carbocycles. The second-order valence-electron chi connectivity index (χ2n) is 4.80. The van der Waals surface area contributed by atoms with E-state index in [0.717, 1.165) is 12.1 Å². The molecule has 1 atom stereocenters. The summed E-state index contributed by atoms with van der Waals surface area (Å²) in [6.07, 6.45) is 2.13. The molecule has 0 amide bonds. The summed E-state index contributed by atoms with van der Waals surface area (Å²) in [5.41, 5.74) is 1.89. The van der Waals surface area contributed by atoms with E-state index in [1.54, 1.807) is 0 Å². The molecule has 0 saturated heterocycles. The van der Waals surface area contributed by atoms with Gasteiger partial charge in [-0.15, -0.1) is 0 Å². The maximum Gasteiger partial charge on any atom is 0.0991 e. The second kappa shape index (κ2) is 6.09. The van der Waals surface area contributed by atoms with Gasteiger partial charge in [0.15, 0.2) is 0 Å². The van der Waals surface area contributed by atoms with Crippen molar-refractivity contribution in [1.82, 2.24) is 5.32 Å². The molecule has 1 N–H and O–H groups in total. The first-order valence-corrected chi connectivity index (χ1v) is 6.99. The van der Waals surface area contributed by atoms with Crippen molar-refractivity contribution in [2.45, 2.75) is 31.6 Å². The first-order chi connectivity index (χ1) is 7.98. The number of benzene rings is 1. The smallest absolute Gasteiger partial charge is 0.0991 e. The average Bonchev–Trinajstić information content (AvgIpc) is 2.36. The Labute approximate surface area is 108 Å². The lowest BCUT2D eigenvalue weighted by Gasteiger charge is -2.25. The van der Waals surface area contributed by atoms with E-state index in [-0.39, 0.29) is 10.8 Å². The summed E-state index contributed by atoms with van der Waals surface area (Å²) in [4.78, 5) is 0. The van der Waals surface area contributed by atoms with Crippen molar-refractivity contribution in [3.63, 3.8) is 0 Å². The highest BCUT2D eigenvalue weighted by molar-refractivity contribution is 7.99. The van der Waals surface area contributed by atoms with E-state index in [9.17, 15) is 0 Å². The highest BCUT2D eigenvalue weighted by Gasteiger charge is 2.17. The molecule has 0 aliphatic rings. The minimum atomic E-state index is 0.237. The van der Waals surface area contributed by atoms with Crippen LogP contribution in [0.15, 0.2) is 24.3 Å². The fraction of sp³-hybridized carbons (Fsp3) is 0.500. The van der Waals surface area contributed by atoms with Crippen LogP contribution in [0.2, 0.25) is 0 Å². The van der Waals surface area contributed by atoms with Crippen LogP contribution in [-0.4, -0.2) is 17.5 Å². The molecule has 92 valence electrons. The summed E-state index contributed by atoms with van der Waals surface area (Å²) in [5, 5.41) is 12.4. The van der Waals surface area contributed by atoms with Crippen molar-refractivity contribution in [3.8, 4) is 6.07 Å². The second-order valence-corrected chi connectivity index (χ2v) is 6.32. The highest BCUT2D eigenvalue weighted by atomic mass is 32.2. The zero-order chi connectivity index (χ0) is 12.9. The van der Waals surface area contributed by atoms with Gasteiger partial charge in [-0.2, -0.15) is 17.0 Å². The molecule has 0 radical (unpaired) electrons. The van der Waals surface area contributed by atoms with Gasteiger partial charge in [0.2, 0.25) is 0 Å². The quantitative estimate of drug-likeness (QED) is 0.868. The van der Waals surface area contributed by atoms with Gasteiger partial charge in [-0.1, -0.05) is 12.1 Å². The Bertz CT molecular complexity index is 407. The molecule has 3 heteroatoms. The molecule has 0 fully saturated rings. The summed E-state index contributed by atoms with van der Waals surface area (Å²) in [6.45, 7) is 7.53. The Morgan fingerprint density at radius 3 is 2.76 bits per heavy atom. The molecular weight excluding hydrogens is 228 g/mol. The van der Waals surface area contributed by atoms with E-state index in [4.69, 9.17) is 5.26 Å². The molecular formula is C14H20N2S. The van der Waals surface area contributed by atoms with Gasteiger partial charge in [0.1, 0.15) is 0 Å². The van der Waals surface area contributed by atoms with Crippen LogP contribution in [0.4, 0.5) is 0 Å². The number of nitriles is 1. The van der Waals surface area contributed by atoms with Crippen LogP contribution < -0.4 is 5.32 Å². The van der Waals surface area contributed by atoms with Gasteiger partial charge < -0.3 is 5.32 Å². The maximum absolute atomic E-state index is 8.87. The van der Waals surface area contributed by atoms with Crippen molar-refractivity contribution >= 4 is 11.8 Å². The van der Waals surface area contributed by atoms with Gasteiger partial charge in [0.25, 0.3) is 0 Å². The first-order valence-electron chi connectivity index (χ1n) is 5.77. The van der Waals surface area contributed by atoms with Crippen LogP contribution in [0.1, 0.15) is 37.9 Å². The number of hydrogen-bond acceptors (Lipinski definition) is 3. The minimum Gasteiger partial charge on any atom is -0.309 e. The topological polar surface area (TPSA) is 35.8 Å². The molecule has 0 aliphatic carbocycles. The Kier molecular flexibility index (Phi) is 5.04. The third-order valence-electron chi connectivity index (χ3n) is 2.90. The monoisotopic (exact) mass is 248 g/mol. The third-order valence-corrected chi connectivity index (χ3v) is 4.15. The minimum absolute atomic E-state index is 0.237. The standard InChI is InChI=1S/C14H20N2S/c1-11(16-10-14(2,3)17-4)13-7-5-6-12(8-13)9-15/h5-8,11,16H,10H2,1-4H3. The van der Waals surface area contributed by atoms with Crippen LogP contribution in [0, 0.1) is 11.3 Å². The Morgan fingerprint density at radius 2 is 2.18 bits per heavy atom. The van der Waals surface area contributed by atoms with Gasteiger partial charge in [-0.3, -0.25) is 0 Å². The van der Waals surface area contributed by atoms with E-state index in [0.29, 0.717) is 0 Å². The SMILES string of the molecule is CSC(C)(C)CNC(C)c1cccc(C#N)c1. The summed E-state index contributed by atoms with van der Waals surface area (Å²) in [7, 11) is 0. The first kappa shape index (κ1) is 14.1. The average molecular weight is 248 g/mol. The van der Waals surface area contributed by atoms with Crippen molar-refractivity contribution < 1.29 is 0 Å². The Balaban J connectivity index is 2.64. The van der Waals surface area contributed by atoms with Crippen LogP contribution in [0.5, 0.6) is 0 Å². The number of rotatable bonds is 5. The summed E-state index contributed by atoms with van der Waals surface area (Å²) < 4.78 is 0.237. The number of nitrogens with zero attached hydrogens (tertiary/aromatic N) is 1. The van der Waals surface area contributed by atoms with Gasteiger partial charge >= 0.3 is 0 Å². The van der Waals surface area contributed by atoms with Crippen molar-refractivity contribution in [1.29, 1.82) is 5.26 Å². The molecule has 0 bridgehead atoms. The summed E-state index contributed by atoms with van der Waals surface area (Å²) in [6, 6.07) is 10.2. The zero-order valence-corrected chi connectivity index (χ0v) is 11.8. The fourth-order valence-corrected chi connectivity index (χ4v) is 1.69. The Hall–Kier alpha value is -0.980. The van der Waals surface area contributed by atoms with Gasteiger partial charge in [0, 0.05) is 17.3 Å². The number of nitrogens with one attached hydrogen (secondary N) is 1. The Morgan fingerprint density at radius 1 is 1.47 bits per heavy atom. The molecule has 1 aromatic carbocycles. The lowest BCUT2D eigenvalue weighted by molar-refractivity contribution is 0.522. The zero-order valence-electron chi connectivity index (χ0n) is 10.9. The lowest BCUT2D eigenvalue weighted by Crippen LogP contribution is -2.33. The lowest BCUT2D eigenvalue weighted by atomic mass is 10.0. The van der Waals surface area contributed by atoms with E-state index < -0.39 is 0 Å². The van der Waals surface area contributed by atoms with Crippen molar-refractivity contribution in [2.24, 2.45) is 0 Å². The predicted octanol–water partition coefficient (Wildman–Crippen LogP) is 3.35. The maximum atomic E-state index is 8.87. The molecule has 0 spiro atoms. The van der Waals surface area contributed by atoms with Crippen LogP contribution in [0.25, 0.3) is 0 Å². The van der Waals surface area contributed by atoms with Crippen LogP contribution >= 0.6 is 11.8 Å². The van der Waals surface area contributed by atoms with E-state index in [1.165, 1.54) is 5.56 Å². The molecule has 2 nitrogen and oxygen atoms in total. The third kappa shape index (κ3) is 4.41. The summed E-state index contributed by atoms with van der Waals surface area (Å²) in [5.74, 6) is 0. The van der Waals surface area contributed by atoms with E-state index in [2.05, 4.69) is 44.5 Å². The number of hydrogen-bond donors (Lipinski definition) is 1. The number of thioether (sulfide) groups is 1. The van der Waals surface area contributed by atoms with Crippen molar-refractivity contribution in [3.05, 3.63) is 35.4 Å². The fourth-order valence-electron chi connectivity index (χ4n) is 1.47. The summed E-state index contributed by atoms with van der Waals surface area (Å²) >= 11 is 1.86. The molecule has 0 heterocycles. The van der Waals surface area contributed by atoms with Crippen LogP contribution in [-0.2, 0) is 0 Å². The van der Waals surface area contributed by atoms with Crippen LogP contribution in [0.3, 0.4) is 0 Å². The molecule has 0 aromatic heterocycles. The highest BCUT2D eigenvalue weighted by Crippen LogP contribution is 2.21. The molecule has 0 aliphatic heterocycles. The molecule has 17 heavy (non-hydrogen) atoms. The van der Waals surface area contributed by atoms with Gasteiger partial charge in [-0.05, 0) is 44.7 Å². The normalized spacial score (nSPS) is 13.1.